The summed E-state index contributed by atoms with van der Waals surface area (Å²) in [5, 5.41) is 8.58. The maximum absolute atomic E-state index is 11.9. The van der Waals surface area contributed by atoms with Crippen LogP contribution < -0.4 is 0 Å². The lowest BCUT2D eigenvalue weighted by Crippen LogP contribution is -2.53. The van der Waals surface area contributed by atoms with Gasteiger partial charge in [-0.25, -0.2) is 4.79 Å². The Balaban J connectivity index is 1.87. The SMILES string of the molecule is C[C@]12OC(=O)C=C1C(C#CCCCC#N)=CCN1CCCC[C@@H]12. The number of esters is 1. The minimum atomic E-state index is -0.582. The van der Waals surface area contributed by atoms with E-state index in [1.165, 1.54) is 12.8 Å². The Morgan fingerprint density at radius 3 is 3.13 bits per heavy atom. The molecule has 1 fully saturated rings. The van der Waals surface area contributed by atoms with E-state index in [0.717, 1.165) is 37.1 Å². The first-order chi connectivity index (χ1) is 11.1. The number of unbranched alkanes of at least 4 members (excludes halogenated alkanes) is 2. The Labute approximate surface area is 137 Å². The molecule has 0 N–H and O–H groups in total. The van der Waals surface area contributed by atoms with Gasteiger partial charge in [0.15, 0.2) is 5.60 Å². The number of fused-ring (bicyclic) bond motifs is 3. The van der Waals surface area contributed by atoms with Crippen LogP contribution in [0.1, 0.15) is 45.4 Å². The summed E-state index contributed by atoms with van der Waals surface area (Å²) >= 11 is 0. The Morgan fingerprint density at radius 1 is 1.43 bits per heavy atom. The summed E-state index contributed by atoms with van der Waals surface area (Å²) in [6.45, 7) is 3.94. The van der Waals surface area contributed by atoms with Crippen LogP contribution in [-0.4, -0.2) is 35.6 Å². The van der Waals surface area contributed by atoms with Gasteiger partial charge in [-0.05, 0) is 32.7 Å². The minimum Gasteiger partial charge on any atom is -0.450 e. The second-order valence-corrected chi connectivity index (χ2v) is 6.52. The Kier molecular flexibility index (Phi) is 4.55. The first kappa shape index (κ1) is 15.8. The summed E-state index contributed by atoms with van der Waals surface area (Å²) in [7, 11) is 0. The molecule has 0 spiro atoms. The van der Waals surface area contributed by atoms with Crippen molar-refractivity contribution < 1.29 is 9.53 Å². The zero-order chi connectivity index (χ0) is 16.3. The number of ether oxygens (including phenoxy) is 1. The van der Waals surface area contributed by atoms with E-state index in [4.69, 9.17) is 10.00 Å². The molecule has 0 aromatic rings. The van der Waals surface area contributed by atoms with E-state index in [9.17, 15) is 4.79 Å². The van der Waals surface area contributed by atoms with Gasteiger partial charge in [0, 0.05) is 36.6 Å². The fraction of sp³-hybridized carbons (Fsp3) is 0.579. The molecule has 0 saturated carbocycles. The van der Waals surface area contributed by atoms with Crippen LogP contribution in [0.5, 0.6) is 0 Å². The lowest BCUT2D eigenvalue weighted by molar-refractivity contribution is -0.150. The maximum atomic E-state index is 11.9. The summed E-state index contributed by atoms with van der Waals surface area (Å²) in [6, 6.07) is 2.37. The van der Waals surface area contributed by atoms with E-state index in [2.05, 4.69) is 28.9 Å². The van der Waals surface area contributed by atoms with Gasteiger partial charge in [0.1, 0.15) is 0 Å². The van der Waals surface area contributed by atoms with Crippen molar-refractivity contribution in [1.82, 2.24) is 4.90 Å². The number of carbonyl (C=O) groups excluding carboxylic acids is 1. The van der Waals surface area contributed by atoms with Crippen molar-refractivity contribution in [3.63, 3.8) is 0 Å². The molecule has 3 rings (SSSR count). The topological polar surface area (TPSA) is 53.3 Å². The summed E-state index contributed by atoms with van der Waals surface area (Å²) in [4.78, 5) is 14.4. The van der Waals surface area contributed by atoms with Crippen molar-refractivity contribution in [3.05, 3.63) is 23.3 Å². The van der Waals surface area contributed by atoms with Crippen LogP contribution in [0, 0.1) is 23.2 Å². The number of piperidine rings is 1. The number of rotatable bonds is 2. The average Bonchev–Trinajstić information content (AvgIpc) is 2.80. The highest BCUT2D eigenvalue weighted by Crippen LogP contribution is 2.42. The molecule has 4 heteroatoms. The smallest absolute Gasteiger partial charge is 0.332 e. The lowest BCUT2D eigenvalue weighted by atomic mass is 9.81. The quantitative estimate of drug-likeness (QED) is 0.447. The molecule has 0 unspecified atom stereocenters. The maximum Gasteiger partial charge on any atom is 0.332 e. The lowest BCUT2D eigenvalue weighted by Gasteiger charge is -2.43. The first-order valence-corrected chi connectivity index (χ1v) is 8.40. The van der Waals surface area contributed by atoms with E-state index in [-0.39, 0.29) is 12.0 Å². The van der Waals surface area contributed by atoms with Crippen molar-refractivity contribution >= 4 is 5.97 Å². The van der Waals surface area contributed by atoms with Crippen LogP contribution in [0.3, 0.4) is 0 Å². The number of hydrogen-bond donors (Lipinski definition) is 0. The van der Waals surface area contributed by atoms with Crippen LogP contribution in [-0.2, 0) is 9.53 Å². The third-order valence-electron chi connectivity index (χ3n) is 4.99. The fourth-order valence-corrected chi connectivity index (χ4v) is 3.83. The van der Waals surface area contributed by atoms with Gasteiger partial charge in [-0.1, -0.05) is 24.3 Å². The van der Waals surface area contributed by atoms with Crippen molar-refractivity contribution in [3.8, 4) is 17.9 Å². The number of carbonyl (C=O) groups is 1. The van der Waals surface area contributed by atoms with Gasteiger partial charge in [0.2, 0.25) is 0 Å². The molecule has 120 valence electrons. The van der Waals surface area contributed by atoms with E-state index in [0.29, 0.717) is 12.8 Å². The third-order valence-corrected chi connectivity index (χ3v) is 4.99. The normalized spacial score (nSPS) is 29.7. The molecule has 3 heterocycles. The summed E-state index contributed by atoms with van der Waals surface area (Å²) in [6.07, 6.45) is 9.21. The molecule has 0 aliphatic carbocycles. The molecule has 0 amide bonds. The van der Waals surface area contributed by atoms with Gasteiger partial charge >= 0.3 is 5.97 Å². The number of nitrogens with zero attached hydrogens (tertiary/aromatic N) is 2. The van der Waals surface area contributed by atoms with Gasteiger partial charge in [0.25, 0.3) is 0 Å². The van der Waals surface area contributed by atoms with Gasteiger partial charge < -0.3 is 4.74 Å². The van der Waals surface area contributed by atoms with Gasteiger partial charge in [-0.2, -0.15) is 5.26 Å². The zero-order valence-corrected chi connectivity index (χ0v) is 13.6. The summed E-state index contributed by atoms with van der Waals surface area (Å²) < 4.78 is 5.75. The van der Waals surface area contributed by atoms with Crippen LogP contribution in [0.4, 0.5) is 0 Å². The van der Waals surface area contributed by atoms with Crippen LogP contribution in [0.15, 0.2) is 23.3 Å². The highest BCUT2D eigenvalue weighted by molar-refractivity contribution is 5.89. The zero-order valence-electron chi connectivity index (χ0n) is 13.6. The van der Waals surface area contributed by atoms with Crippen LogP contribution in [0.25, 0.3) is 0 Å². The molecule has 1 saturated heterocycles. The predicted octanol–water partition coefficient (Wildman–Crippen LogP) is 2.72. The summed E-state index contributed by atoms with van der Waals surface area (Å²) in [5.41, 5.74) is 1.27. The second kappa shape index (κ2) is 6.60. The molecule has 4 nitrogen and oxygen atoms in total. The Morgan fingerprint density at radius 2 is 2.30 bits per heavy atom. The van der Waals surface area contributed by atoms with Crippen molar-refractivity contribution in [2.45, 2.75) is 57.1 Å². The van der Waals surface area contributed by atoms with Gasteiger partial charge in [0.05, 0.1) is 12.1 Å². The van der Waals surface area contributed by atoms with Crippen LogP contribution in [0.2, 0.25) is 0 Å². The summed E-state index contributed by atoms with van der Waals surface area (Å²) in [5.74, 6) is 6.11. The molecule has 23 heavy (non-hydrogen) atoms. The number of nitriles is 1. The minimum absolute atomic E-state index is 0.239. The largest absolute Gasteiger partial charge is 0.450 e. The van der Waals surface area contributed by atoms with Gasteiger partial charge in [-0.3, -0.25) is 4.90 Å². The Hall–Kier alpha value is -2.04. The molecular formula is C19H22N2O2. The van der Waals surface area contributed by atoms with Crippen molar-refractivity contribution in [2.75, 3.05) is 13.1 Å². The second-order valence-electron chi connectivity index (χ2n) is 6.52. The Bertz CT molecular complexity index is 659. The third kappa shape index (κ3) is 3.05. The standard InChI is InChI=1S/C19H22N2O2/c1-19-16(14-18(22)23-19)15(8-4-2-3-6-11-20)10-13-21-12-7-5-9-17(19)21/h10,14,17H,2-3,5-7,9,12-13H2,1H3/t17-,19+/m1/s1. The van der Waals surface area contributed by atoms with Crippen molar-refractivity contribution in [1.29, 1.82) is 5.26 Å². The van der Waals surface area contributed by atoms with Gasteiger partial charge in [-0.15, -0.1) is 0 Å². The average molecular weight is 310 g/mol. The first-order valence-electron chi connectivity index (χ1n) is 8.40. The van der Waals surface area contributed by atoms with Crippen LogP contribution >= 0.6 is 0 Å². The molecule has 0 bridgehead atoms. The van der Waals surface area contributed by atoms with E-state index in [1.807, 2.05) is 6.92 Å². The predicted molar refractivity (Wildman–Crippen MR) is 87.1 cm³/mol. The van der Waals surface area contributed by atoms with Crippen molar-refractivity contribution in [2.24, 2.45) is 0 Å². The molecule has 3 aliphatic rings. The monoisotopic (exact) mass is 310 g/mol. The molecular weight excluding hydrogens is 288 g/mol. The number of hydrogen-bond acceptors (Lipinski definition) is 4. The molecule has 3 aliphatic heterocycles. The molecule has 2 atom stereocenters. The van der Waals surface area contributed by atoms with E-state index in [1.54, 1.807) is 6.08 Å². The fourth-order valence-electron chi connectivity index (χ4n) is 3.83. The van der Waals surface area contributed by atoms with E-state index >= 15 is 0 Å². The molecule has 0 radical (unpaired) electrons. The highest BCUT2D eigenvalue weighted by Gasteiger charge is 2.50. The van der Waals surface area contributed by atoms with E-state index < -0.39 is 5.60 Å². The molecule has 0 aromatic carbocycles. The molecule has 0 aromatic heterocycles. The highest BCUT2D eigenvalue weighted by atomic mass is 16.6.